The SMILES string of the molecule is CNC(=O)c1ccc2c(c1)Cc1cc(C(=O)NC)ccc1C2(C[C@@H](C)NCC(=O)N1C(C#N)C[C@@H]2C[C@@H]21)c1nn[nH]n1. The Balaban J connectivity index is 1.39. The monoisotopic (exact) mass is 567 g/mol. The Labute approximate surface area is 243 Å². The number of nitriles is 1. The molecule has 0 bridgehead atoms. The van der Waals surface area contributed by atoms with E-state index in [4.69, 9.17) is 0 Å². The van der Waals surface area contributed by atoms with Crippen LogP contribution in [-0.2, 0) is 16.6 Å². The number of nitrogens with zero attached hydrogens (tertiary/aromatic N) is 5. The number of H-pyrrole nitrogens is 1. The molecule has 1 aliphatic heterocycles. The van der Waals surface area contributed by atoms with E-state index in [0.717, 1.165) is 35.1 Å². The van der Waals surface area contributed by atoms with E-state index in [2.05, 4.69) is 42.6 Å². The molecular weight excluding hydrogens is 534 g/mol. The lowest BCUT2D eigenvalue weighted by molar-refractivity contribution is -0.131. The van der Waals surface area contributed by atoms with Crippen molar-refractivity contribution in [3.8, 4) is 6.07 Å². The Kier molecular flexibility index (Phi) is 6.98. The lowest BCUT2D eigenvalue weighted by Crippen LogP contribution is -2.47. The fourth-order valence-electron chi connectivity index (χ4n) is 6.94. The van der Waals surface area contributed by atoms with Crippen molar-refractivity contribution in [1.82, 2.24) is 41.5 Å². The first-order valence-corrected chi connectivity index (χ1v) is 14.2. The third-order valence-electron chi connectivity index (χ3n) is 8.97. The number of tetrazole rings is 1. The summed E-state index contributed by atoms with van der Waals surface area (Å²) in [7, 11) is 3.19. The van der Waals surface area contributed by atoms with E-state index in [1.54, 1.807) is 31.1 Å². The van der Waals surface area contributed by atoms with Crippen molar-refractivity contribution in [2.24, 2.45) is 5.92 Å². The molecule has 4 N–H and O–H groups in total. The first kappa shape index (κ1) is 27.5. The van der Waals surface area contributed by atoms with E-state index in [1.165, 1.54) is 0 Å². The Morgan fingerprint density at radius 1 is 1.07 bits per heavy atom. The molecule has 1 aromatic heterocycles. The second-order valence-electron chi connectivity index (χ2n) is 11.5. The molecule has 6 rings (SSSR count). The molecule has 1 saturated heterocycles. The van der Waals surface area contributed by atoms with Crippen LogP contribution in [-0.4, -0.2) is 82.0 Å². The molecular formula is C30H33N9O3. The van der Waals surface area contributed by atoms with Crippen LogP contribution in [0.25, 0.3) is 0 Å². The van der Waals surface area contributed by atoms with Gasteiger partial charge in [-0.15, -0.1) is 10.2 Å². The van der Waals surface area contributed by atoms with Gasteiger partial charge < -0.3 is 20.9 Å². The van der Waals surface area contributed by atoms with Crippen LogP contribution in [0.1, 0.15) is 75.0 Å². The summed E-state index contributed by atoms with van der Waals surface area (Å²) in [5, 5.41) is 33.7. The maximum Gasteiger partial charge on any atom is 0.251 e. The Morgan fingerprint density at radius 3 is 2.26 bits per heavy atom. The molecule has 1 saturated carbocycles. The van der Waals surface area contributed by atoms with E-state index in [1.807, 2.05) is 31.2 Å². The highest BCUT2D eigenvalue weighted by Gasteiger charge is 2.54. The molecule has 1 unspecified atom stereocenters. The number of aromatic amines is 1. The second kappa shape index (κ2) is 10.6. The van der Waals surface area contributed by atoms with Crippen LogP contribution in [0, 0.1) is 17.2 Å². The highest BCUT2D eigenvalue weighted by atomic mass is 16.2. The number of nitrogens with one attached hydrogen (secondary N) is 4. The molecule has 2 aliphatic carbocycles. The number of carbonyl (C=O) groups excluding carboxylic acids is 3. The van der Waals surface area contributed by atoms with Crippen molar-refractivity contribution in [3.05, 3.63) is 75.6 Å². The predicted octanol–water partition coefficient (Wildman–Crippen LogP) is 1.04. The fourth-order valence-corrected chi connectivity index (χ4v) is 6.94. The molecule has 12 nitrogen and oxygen atoms in total. The van der Waals surface area contributed by atoms with Gasteiger partial charge in [0, 0.05) is 37.3 Å². The van der Waals surface area contributed by atoms with Gasteiger partial charge in [0.2, 0.25) is 5.91 Å². The van der Waals surface area contributed by atoms with Gasteiger partial charge in [0.05, 0.1) is 18.0 Å². The van der Waals surface area contributed by atoms with E-state index < -0.39 is 5.41 Å². The number of benzene rings is 2. The minimum atomic E-state index is -0.891. The predicted molar refractivity (Wildman–Crippen MR) is 151 cm³/mol. The van der Waals surface area contributed by atoms with E-state index in [0.29, 0.717) is 35.7 Å². The minimum absolute atomic E-state index is 0.0677. The summed E-state index contributed by atoms with van der Waals surface area (Å²) in [5.74, 6) is 0.442. The standard InChI is InChI=1S/C30H33N9O3/c1-16(34-15-26(40)39-22(14-31)11-21-12-25(21)39)13-30(29-35-37-38-36-29)23-6-4-17(27(41)32-2)8-19(23)10-20-9-18(28(42)33-3)5-7-24(20)30/h4-9,16,21-22,25,34H,10-13,15H2,1-3H3,(H,32,41)(H,33,42)(H,35,36,37,38)/t16-,21-,22?,25+/m1/s1. The summed E-state index contributed by atoms with van der Waals surface area (Å²) in [6, 6.07) is 13.1. The van der Waals surface area contributed by atoms with Crippen LogP contribution in [0.3, 0.4) is 0 Å². The molecule has 3 amide bonds. The van der Waals surface area contributed by atoms with Crippen molar-refractivity contribution < 1.29 is 14.4 Å². The molecule has 216 valence electrons. The number of aromatic nitrogens is 4. The van der Waals surface area contributed by atoms with Crippen molar-refractivity contribution in [2.75, 3.05) is 20.6 Å². The van der Waals surface area contributed by atoms with Crippen LogP contribution in [0.5, 0.6) is 0 Å². The molecule has 2 heterocycles. The number of hydrogen-bond acceptors (Lipinski definition) is 8. The van der Waals surface area contributed by atoms with Gasteiger partial charge in [0.15, 0.2) is 5.82 Å². The number of piperidine rings is 1. The smallest absolute Gasteiger partial charge is 0.251 e. The first-order valence-electron chi connectivity index (χ1n) is 14.2. The van der Waals surface area contributed by atoms with Gasteiger partial charge in [-0.3, -0.25) is 14.4 Å². The van der Waals surface area contributed by atoms with E-state index in [9.17, 15) is 19.6 Å². The zero-order valence-electron chi connectivity index (χ0n) is 23.8. The van der Waals surface area contributed by atoms with Gasteiger partial charge in [-0.25, -0.2) is 0 Å². The van der Waals surface area contributed by atoms with Gasteiger partial charge >= 0.3 is 0 Å². The maximum absolute atomic E-state index is 13.2. The molecule has 12 heteroatoms. The van der Waals surface area contributed by atoms with Crippen LogP contribution in [0.4, 0.5) is 0 Å². The van der Waals surface area contributed by atoms with Crippen LogP contribution in [0.2, 0.25) is 0 Å². The van der Waals surface area contributed by atoms with Gasteiger partial charge in [-0.2, -0.15) is 10.5 Å². The zero-order chi connectivity index (χ0) is 29.6. The topological polar surface area (TPSA) is 169 Å². The number of amides is 3. The Bertz CT molecular complexity index is 1530. The number of rotatable bonds is 8. The summed E-state index contributed by atoms with van der Waals surface area (Å²) in [4.78, 5) is 40.1. The van der Waals surface area contributed by atoms with Gasteiger partial charge in [-0.1, -0.05) is 17.3 Å². The normalized spacial score (nSPS) is 21.8. The summed E-state index contributed by atoms with van der Waals surface area (Å²) in [6.45, 7) is 2.11. The van der Waals surface area contributed by atoms with Crippen molar-refractivity contribution >= 4 is 17.7 Å². The van der Waals surface area contributed by atoms with Crippen LogP contribution < -0.4 is 16.0 Å². The highest BCUT2D eigenvalue weighted by molar-refractivity contribution is 5.95. The maximum atomic E-state index is 13.2. The molecule has 3 aliphatic rings. The lowest BCUT2D eigenvalue weighted by Gasteiger charge is -2.41. The largest absolute Gasteiger partial charge is 0.355 e. The van der Waals surface area contributed by atoms with Crippen molar-refractivity contribution in [1.29, 1.82) is 5.26 Å². The quantitative estimate of drug-likeness (QED) is 0.313. The van der Waals surface area contributed by atoms with Gasteiger partial charge in [0.1, 0.15) is 6.04 Å². The number of likely N-dealkylation sites (tertiary alicyclic amines) is 1. The third kappa shape index (κ3) is 4.50. The molecule has 42 heavy (non-hydrogen) atoms. The van der Waals surface area contributed by atoms with E-state index in [-0.39, 0.29) is 42.4 Å². The molecule has 0 radical (unpaired) electrons. The number of hydrogen-bond donors (Lipinski definition) is 4. The Hall–Kier alpha value is -4.63. The van der Waals surface area contributed by atoms with Crippen LogP contribution in [0.15, 0.2) is 36.4 Å². The summed E-state index contributed by atoms with van der Waals surface area (Å²) >= 11 is 0. The first-order chi connectivity index (χ1) is 20.3. The third-order valence-corrected chi connectivity index (χ3v) is 8.97. The second-order valence-corrected chi connectivity index (χ2v) is 11.5. The molecule has 3 aromatic rings. The Morgan fingerprint density at radius 2 is 1.71 bits per heavy atom. The average Bonchev–Trinajstić information content (AvgIpc) is 3.37. The lowest BCUT2D eigenvalue weighted by atomic mass is 9.62. The van der Waals surface area contributed by atoms with E-state index >= 15 is 0 Å². The zero-order valence-corrected chi connectivity index (χ0v) is 23.8. The summed E-state index contributed by atoms with van der Waals surface area (Å²) < 4.78 is 0. The molecule has 2 fully saturated rings. The van der Waals surface area contributed by atoms with Crippen LogP contribution >= 0.6 is 0 Å². The number of fused-ring (bicyclic) bond motifs is 3. The summed E-state index contributed by atoms with van der Waals surface area (Å²) in [6.07, 6.45) is 2.70. The average molecular weight is 568 g/mol. The number of carbonyl (C=O) groups is 3. The van der Waals surface area contributed by atoms with Gasteiger partial charge in [0.25, 0.3) is 11.8 Å². The summed E-state index contributed by atoms with van der Waals surface area (Å²) in [5.41, 5.74) is 3.86. The van der Waals surface area contributed by atoms with Crippen molar-refractivity contribution in [2.45, 2.75) is 56.1 Å². The fraction of sp³-hybridized carbons (Fsp3) is 0.433. The molecule has 4 atom stereocenters. The molecule has 2 aromatic carbocycles. The minimum Gasteiger partial charge on any atom is -0.355 e. The molecule has 0 spiro atoms. The highest BCUT2D eigenvalue weighted by Crippen LogP contribution is 2.49. The van der Waals surface area contributed by atoms with Gasteiger partial charge in [-0.05, 0) is 85.0 Å². The van der Waals surface area contributed by atoms with Crippen molar-refractivity contribution in [3.63, 3.8) is 0 Å².